The second kappa shape index (κ2) is 12.8. The zero-order chi connectivity index (χ0) is 37.3. The van der Waals surface area contributed by atoms with Gasteiger partial charge in [0.2, 0.25) is 5.91 Å². The number of likely N-dealkylation sites (tertiary alicyclic amines) is 2. The fourth-order valence-corrected chi connectivity index (χ4v) is 8.26. The average molecular weight is 704 g/mol. The number of aliphatic carboxylic acids is 1. The number of fused-ring (bicyclic) bond motifs is 2. The molecular formula is C37H41ClN6O4S. The van der Waals surface area contributed by atoms with Gasteiger partial charge in [-0.3, -0.25) is 14.4 Å². The maximum absolute atomic E-state index is 12.8. The molecule has 0 unspecified atom stereocenters. The monoisotopic (exact) mass is 703 g/mol. The van der Waals surface area contributed by atoms with Gasteiger partial charge in [0.1, 0.15) is 10.5 Å². The Morgan fingerprint density at radius 2 is 1.82 bits per heavy atom. The molecule has 3 aromatic heterocycles. The lowest BCUT2D eigenvalue weighted by atomic mass is 9.91. The molecule has 5 heterocycles. The van der Waals surface area contributed by atoms with Gasteiger partial charge in [-0.15, -0.1) is 11.3 Å². The molecule has 0 bridgehead atoms. The molecule has 1 atom stereocenters. The molecule has 2 aliphatic heterocycles. The maximum Gasteiger partial charge on any atom is 0.337 e. The number of carbonyl (C=O) groups is 2. The molecule has 5 aromatic rings. The molecule has 0 radical (unpaired) electrons. The fraction of sp³-hybridized carbons (Fsp3) is 0.432. The van der Waals surface area contributed by atoms with Crippen molar-refractivity contribution < 1.29 is 23.5 Å². The Morgan fingerprint density at radius 1 is 1.10 bits per heavy atom. The Kier molecular flexibility index (Phi) is 7.81. The van der Waals surface area contributed by atoms with Crippen LogP contribution in [0.5, 0.6) is 0 Å². The van der Waals surface area contributed by atoms with Crippen molar-refractivity contribution >= 4 is 56.1 Å². The smallest absolute Gasteiger partial charge is 0.337 e. The van der Waals surface area contributed by atoms with E-state index in [4.69, 9.17) is 30.4 Å². The second-order valence-corrected chi connectivity index (χ2v) is 15.5. The number of benzene rings is 2. The molecule has 1 N–H and O–H groups in total. The Balaban J connectivity index is 1.31. The predicted molar refractivity (Wildman–Crippen MR) is 193 cm³/mol. The molecule has 2 fully saturated rings. The number of hydrogen-bond acceptors (Lipinski definition) is 8. The van der Waals surface area contributed by atoms with Crippen LogP contribution in [0.15, 0.2) is 42.5 Å². The van der Waals surface area contributed by atoms with Crippen LogP contribution < -0.4 is 0 Å². The number of halogens is 1. The highest BCUT2D eigenvalue weighted by Crippen LogP contribution is 2.44. The third kappa shape index (κ3) is 6.45. The average Bonchev–Trinajstić information content (AvgIpc) is 3.64. The summed E-state index contributed by atoms with van der Waals surface area (Å²) in [5.74, 6) is -0.986. The van der Waals surface area contributed by atoms with Gasteiger partial charge in [-0.05, 0) is 95.1 Å². The molecule has 10 nitrogen and oxygen atoms in total. The van der Waals surface area contributed by atoms with Crippen molar-refractivity contribution in [2.75, 3.05) is 26.2 Å². The number of piperidine rings is 1. The molecule has 0 saturated carbocycles. The normalized spacial score (nSPS) is 18.3. The third-order valence-electron chi connectivity index (χ3n) is 9.53. The minimum Gasteiger partial charge on any atom is -0.479 e. The first-order chi connectivity index (χ1) is 24.5. The highest BCUT2D eigenvalue weighted by Gasteiger charge is 2.36. The van der Waals surface area contributed by atoms with Crippen molar-refractivity contribution in [2.24, 2.45) is 6.98 Å². The summed E-state index contributed by atoms with van der Waals surface area (Å²) in [5, 5.41) is 16.3. The van der Waals surface area contributed by atoms with Crippen LogP contribution in [0.2, 0.25) is 5.02 Å². The molecule has 7 rings (SSSR count). The van der Waals surface area contributed by atoms with E-state index in [-0.39, 0.29) is 11.8 Å². The number of aromatic nitrogens is 4. The highest BCUT2D eigenvalue weighted by molar-refractivity contribution is 7.22. The second-order valence-electron chi connectivity index (χ2n) is 14.1. The maximum atomic E-state index is 12.8. The van der Waals surface area contributed by atoms with Gasteiger partial charge in [0.15, 0.2) is 6.10 Å². The van der Waals surface area contributed by atoms with Crippen LogP contribution in [0, 0.1) is 6.92 Å². The lowest BCUT2D eigenvalue weighted by molar-refractivity contribution is -0.160. The molecule has 2 aromatic carbocycles. The zero-order valence-electron chi connectivity index (χ0n) is 31.2. The summed E-state index contributed by atoms with van der Waals surface area (Å²) in [4.78, 5) is 38.8. The summed E-state index contributed by atoms with van der Waals surface area (Å²) < 4.78 is 32.7. The quantitative estimate of drug-likeness (QED) is 0.189. The number of rotatable bonds is 7. The van der Waals surface area contributed by atoms with Crippen molar-refractivity contribution in [3.8, 4) is 21.8 Å². The van der Waals surface area contributed by atoms with Crippen molar-refractivity contribution in [2.45, 2.75) is 71.1 Å². The Hall–Kier alpha value is -3.90. The van der Waals surface area contributed by atoms with Gasteiger partial charge in [-0.2, -0.15) is 5.10 Å². The third-order valence-corrected chi connectivity index (χ3v) is 10.9. The number of amides is 1. The molecule has 0 spiro atoms. The number of hydrogen-bond donors (Lipinski definition) is 1. The molecule has 2 aliphatic rings. The molecule has 1 amide bonds. The summed E-state index contributed by atoms with van der Waals surface area (Å²) in [6.07, 6.45) is 0.349. The van der Waals surface area contributed by atoms with E-state index in [0.717, 1.165) is 59.5 Å². The lowest BCUT2D eigenvalue weighted by Crippen LogP contribution is -2.61. The molecule has 2 saturated heterocycles. The first-order valence-corrected chi connectivity index (χ1v) is 17.7. The summed E-state index contributed by atoms with van der Waals surface area (Å²) in [5.41, 5.74) is 4.89. The van der Waals surface area contributed by atoms with E-state index in [1.54, 1.807) is 31.2 Å². The number of thiazole rings is 1. The number of aryl methyl sites for hydroxylation is 2. The van der Waals surface area contributed by atoms with Gasteiger partial charge in [0.25, 0.3) is 0 Å². The van der Waals surface area contributed by atoms with E-state index in [0.29, 0.717) is 55.1 Å². The molecule has 0 aliphatic carbocycles. The first kappa shape index (κ1) is 30.0. The standard InChI is InChI=1S/C37H41ClN6O4S/c1-20-17-27-34(30(22-7-9-24(38)10-8-22)29(20)33(36(46)47)48-37(3,4)5)49-35(40-27)26-11-12-28-32(39-26)31(41-42(28)6)23-13-15-43(16-14-23)25-18-44(19-25)21(2)45/h7-12,17,23,25,33H,13-16,18-19H2,1-6H3,(H,46,47)/t33-/m0/s1/i6D3. The van der Waals surface area contributed by atoms with E-state index < -0.39 is 24.7 Å². The Labute approximate surface area is 298 Å². The molecule has 256 valence electrons. The van der Waals surface area contributed by atoms with Crippen LogP contribution in [-0.2, 0) is 21.3 Å². The van der Waals surface area contributed by atoms with E-state index >= 15 is 0 Å². The number of nitrogens with zero attached hydrogens (tertiary/aromatic N) is 6. The summed E-state index contributed by atoms with van der Waals surface area (Å²) in [7, 11) is 0. The first-order valence-electron chi connectivity index (χ1n) is 18.0. The van der Waals surface area contributed by atoms with E-state index in [9.17, 15) is 14.7 Å². The highest BCUT2D eigenvalue weighted by atomic mass is 35.5. The van der Waals surface area contributed by atoms with Gasteiger partial charge < -0.3 is 14.7 Å². The van der Waals surface area contributed by atoms with Crippen molar-refractivity contribution in [1.82, 2.24) is 29.5 Å². The van der Waals surface area contributed by atoms with Crippen LogP contribution in [0.4, 0.5) is 0 Å². The van der Waals surface area contributed by atoms with E-state index in [1.165, 1.54) is 11.3 Å². The molecular weight excluding hydrogens is 660 g/mol. The molecule has 12 heteroatoms. The minimum absolute atomic E-state index is 0.0157. The van der Waals surface area contributed by atoms with Gasteiger partial charge >= 0.3 is 5.97 Å². The van der Waals surface area contributed by atoms with Gasteiger partial charge in [-0.1, -0.05) is 23.7 Å². The summed E-state index contributed by atoms with van der Waals surface area (Å²) >= 11 is 7.67. The minimum atomic E-state index is -2.49. The SMILES string of the molecule is [2H]C([2H])([2H])n1nc(C2CCN(C3CN(C(C)=O)C3)CC2)c2nc(-c3nc4cc(C)c([C@H](OC(C)(C)C)C(=O)O)c(-c5ccc(Cl)cc5)c4s3)ccc21. The van der Waals surface area contributed by atoms with Crippen LogP contribution in [0.1, 0.15) is 73.5 Å². The topological polar surface area (TPSA) is 114 Å². The van der Waals surface area contributed by atoms with E-state index in [2.05, 4.69) is 10.00 Å². The van der Waals surface area contributed by atoms with Crippen LogP contribution in [0.3, 0.4) is 0 Å². The number of carboxylic acid groups (broad SMARTS) is 1. The number of ether oxygens (including phenoxy) is 1. The van der Waals surface area contributed by atoms with Crippen LogP contribution in [-0.4, -0.2) is 84.4 Å². The van der Waals surface area contributed by atoms with Crippen molar-refractivity contribution in [1.29, 1.82) is 0 Å². The van der Waals surface area contributed by atoms with Crippen LogP contribution in [0.25, 0.3) is 43.1 Å². The van der Waals surface area contributed by atoms with Gasteiger partial charge in [0, 0.05) is 59.2 Å². The Bertz CT molecular complexity index is 2180. The Morgan fingerprint density at radius 3 is 2.45 bits per heavy atom. The van der Waals surface area contributed by atoms with Crippen molar-refractivity contribution in [3.05, 3.63) is 64.3 Å². The van der Waals surface area contributed by atoms with Gasteiger partial charge in [0.05, 0.1) is 32.7 Å². The predicted octanol–water partition coefficient (Wildman–Crippen LogP) is 7.22. The molecule has 49 heavy (non-hydrogen) atoms. The summed E-state index contributed by atoms with van der Waals surface area (Å²) in [6.45, 7) is 9.59. The van der Waals surface area contributed by atoms with Gasteiger partial charge in [-0.25, -0.2) is 14.8 Å². The summed E-state index contributed by atoms with van der Waals surface area (Å²) in [6, 6.07) is 13.0. The number of carbonyl (C=O) groups excluding carboxylic acids is 1. The number of pyridine rings is 1. The van der Waals surface area contributed by atoms with Crippen molar-refractivity contribution in [3.63, 3.8) is 0 Å². The largest absolute Gasteiger partial charge is 0.479 e. The van der Waals surface area contributed by atoms with Crippen LogP contribution >= 0.6 is 22.9 Å². The fourth-order valence-electron chi connectivity index (χ4n) is 7.04. The zero-order valence-corrected chi connectivity index (χ0v) is 29.7. The lowest BCUT2D eigenvalue weighted by Gasteiger charge is -2.47. The number of carboxylic acids is 1. The van der Waals surface area contributed by atoms with E-state index in [1.807, 2.05) is 50.8 Å².